The van der Waals surface area contributed by atoms with Crippen LogP contribution in [0.3, 0.4) is 0 Å². The van der Waals surface area contributed by atoms with Crippen molar-refractivity contribution in [1.29, 1.82) is 0 Å². The average Bonchev–Trinajstić information content (AvgIpc) is 2.73. The number of carbonyl (C=O) groups is 2. The molecule has 6 nitrogen and oxygen atoms in total. The van der Waals surface area contributed by atoms with Crippen LogP contribution >= 0.6 is 0 Å². The minimum atomic E-state index is -0.421. The molecule has 0 aliphatic carbocycles. The van der Waals surface area contributed by atoms with Crippen molar-refractivity contribution < 1.29 is 14.0 Å². The highest BCUT2D eigenvalue weighted by Gasteiger charge is 2.21. The third-order valence-corrected chi connectivity index (χ3v) is 4.33. The first kappa shape index (κ1) is 21.3. The predicted octanol–water partition coefficient (Wildman–Crippen LogP) is 2.00. The number of benzene rings is 1. The van der Waals surface area contributed by atoms with Gasteiger partial charge in [-0.1, -0.05) is 6.07 Å². The second-order valence-corrected chi connectivity index (χ2v) is 8.24. The zero-order valence-corrected chi connectivity index (χ0v) is 16.8. The molecule has 27 heavy (non-hydrogen) atoms. The van der Waals surface area contributed by atoms with Crippen molar-refractivity contribution in [2.75, 3.05) is 44.6 Å². The molecule has 2 amide bonds. The number of nitrogens with zero attached hydrogens (tertiary/aromatic N) is 2. The van der Waals surface area contributed by atoms with Crippen LogP contribution in [0.4, 0.5) is 10.1 Å². The molecule has 0 atom stereocenters. The number of anilines is 1. The van der Waals surface area contributed by atoms with E-state index in [0.717, 1.165) is 31.6 Å². The first-order valence-electron chi connectivity index (χ1n) is 9.44. The predicted molar refractivity (Wildman–Crippen MR) is 105 cm³/mol. The smallest absolute Gasteiger partial charge is 0.238 e. The molecular formula is C20H31FN4O2. The molecule has 0 radical (unpaired) electrons. The Balaban J connectivity index is 1.80. The summed E-state index contributed by atoms with van der Waals surface area (Å²) in [5.74, 6) is -0.629. The zero-order chi connectivity index (χ0) is 20.0. The molecule has 1 heterocycles. The molecule has 0 spiro atoms. The van der Waals surface area contributed by atoms with Gasteiger partial charge in [0.15, 0.2) is 0 Å². The first-order chi connectivity index (χ1) is 12.6. The fourth-order valence-corrected chi connectivity index (χ4v) is 3.12. The second-order valence-electron chi connectivity index (χ2n) is 8.24. The largest absolute Gasteiger partial charge is 0.350 e. The molecule has 1 aliphatic heterocycles. The summed E-state index contributed by atoms with van der Waals surface area (Å²) in [6.07, 6.45) is 0.884. The van der Waals surface area contributed by atoms with E-state index in [2.05, 4.69) is 15.5 Å². The third kappa shape index (κ3) is 7.64. The lowest BCUT2D eigenvalue weighted by Crippen LogP contribution is -2.46. The molecule has 1 aliphatic rings. The summed E-state index contributed by atoms with van der Waals surface area (Å²) in [7, 11) is 0. The highest BCUT2D eigenvalue weighted by molar-refractivity contribution is 5.92. The van der Waals surface area contributed by atoms with Gasteiger partial charge in [0.25, 0.3) is 0 Å². The number of carbonyl (C=O) groups excluding carboxylic acids is 2. The van der Waals surface area contributed by atoms with Gasteiger partial charge in [-0.2, -0.15) is 0 Å². The SMILES string of the molecule is Cc1ccc(NC(=O)CN2CCCN(CC(=O)NC(C)(C)C)CC2)c(F)c1. The molecule has 0 bridgehead atoms. The van der Waals surface area contributed by atoms with Gasteiger partial charge in [-0.15, -0.1) is 0 Å². The van der Waals surface area contributed by atoms with Crippen LogP contribution in [0.1, 0.15) is 32.8 Å². The van der Waals surface area contributed by atoms with Crippen molar-refractivity contribution in [2.45, 2.75) is 39.7 Å². The molecule has 1 aromatic rings. The number of hydrogen-bond acceptors (Lipinski definition) is 4. The van der Waals surface area contributed by atoms with Gasteiger partial charge in [-0.3, -0.25) is 19.4 Å². The fraction of sp³-hybridized carbons (Fsp3) is 0.600. The Labute approximate surface area is 161 Å². The van der Waals surface area contributed by atoms with Gasteiger partial charge < -0.3 is 10.6 Å². The number of aryl methyl sites for hydroxylation is 1. The molecule has 7 heteroatoms. The molecular weight excluding hydrogens is 347 g/mol. The van der Waals surface area contributed by atoms with Crippen molar-refractivity contribution >= 4 is 17.5 Å². The van der Waals surface area contributed by atoms with Crippen LogP contribution in [-0.2, 0) is 9.59 Å². The van der Waals surface area contributed by atoms with Crippen molar-refractivity contribution in [3.63, 3.8) is 0 Å². The van der Waals surface area contributed by atoms with Gasteiger partial charge in [-0.05, 0) is 64.9 Å². The Hall–Kier alpha value is -1.99. The molecule has 2 N–H and O–H groups in total. The summed E-state index contributed by atoms with van der Waals surface area (Å²) in [5, 5.41) is 5.61. The summed E-state index contributed by atoms with van der Waals surface area (Å²) < 4.78 is 13.9. The van der Waals surface area contributed by atoms with Crippen molar-refractivity contribution in [2.24, 2.45) is 0 Å². The van der Waals surface area contributed by atoms with Gasteiger partial charge in [0.1, 0.15) is 5.82 Å². The summed E-state index contributed by atoms with van der Waals surface area (Å²) in [4.78, 5) is 28.5. The van der Waals surface area contributed by atoms with Crippen LogP contribution in [0.5, 0.6) is 0 Å². The van der Waals surface area contributed by atoms with Crippen LogP contribution in [0.15, 0.2) is 18.2 Å². The summed E-state index contributed by atoms with van der Waals surface area (Å²) in [6.45, 7) is 11.3. The Morgan fingerprint density at radius 2 is 1.63 bits per heavy atom. The molecule has 150 valence electrons. The highest BCUT2D eigenvalue weighted by atomic mass is 19.1. The topological polar surface area (TPSA) is 64.7 Å². The van der Waals surface area contributed by atoms with Crippen molar-refractivity contribution in [3.8, 4) is 0 Å². The lowest BCUT2D eigenvalue weighted by atomic mass is 10.1. The number of amides is 2. The van der Waals surface area contributed by atoms with Gasteiger partial charge >= 0.3 is 0 Å². The maximum Gasteiger partial charge on any atom is 0.238 e. The standard InChI is InChI=1S/C20H31FN4O2/c1-15-6-7-17(16(21)12-15)22-18(26)13-24-8-5-9-25(11-10-24)14-19(27)23-20(2,3)4/h6-7,12H,5,8-11,13-14H2,1-4H3,(H,22,26)(H,23,27). The van der Waals surface area contributed by atoms with E-state index in [-0.39, 0.29) is 29.6 Å². The number of nitrogens with one attached hydrogen (secondary N) is 2. The monoisotopic (exact) mass is 378 g/mol. The maximum absolute atomic E-state index is 13.9. The third-order valence-electron chi connectivity index (χ3n) is 4.33. The second kappa shape index (κ2) is 9.28. The summed E-state index contributed by atoms with van der Waals surface area (Å²) in [6, 6.07) is 4.76. The van der Waals surface area contributed by atoms with Gasteiger partial charge in [-0.25, -0.2) is 4.39 Å². The first-order valence-corrected chi connectivity index (χ1v) is 9.44. The summed E-state index contributed by atoms with van der Waals surface area (Å²) >= 11 is 0. The quantitative estimate of drug-likeness (QED) is 0.823. The molecule has 1 fully saturated rings. The van der Waals surface area contributed by atoms with Gasteiger partial charge in [0, 0.05) is 18.6 Å². The molecule has 0 saturated carbocycles. The Morgan fingerprint density at radius 3 is 2.19 bits per heavy atom. The summed E-state index contributed by atoms with van der Waals surface area (Å²) in [5.41, 5.74) is 0.785. The van der Waals surface area contributed by atoms with E-state index < -0.39 is 5.82 Å². The van der Waals surface area contributed by atoms with E-state index in [4.69, 9.17) is 0 Å². The maximum atomic E-state index is 13.9. The van der Waals surface area contributed by atoms with Crippen molar-refractivity contribution in [3.05, 3.63) is 29.6 Å². The lowest BCUT2D eigenvalue weighted by molar-refractivity contribution is -0.123. The van der Waals surface area contributed by atoms with Crippen LogP contribution < -0.4 is 10.6 Å². The number of halogens is 1. The van der Waals surface area contributed by atoms with Crippen LogP contribution in [0.25, 0.3) is 0 Å². The van der Waals surface area contributed by atoms with E-state index in [1.54, 1.807) is 19.1 Å². The minimum absolute atomic E-state index is 0.0172. The van der Waals surface area contributed by atoms with E-state index in [1.807, 2.05) is 25.7 Å². The molecule has 1 aromatic carbocycles. The number of rotatable bonds is 5. The molecule has 0 aromatic heterocycles. The Bertz CT molecular complexity index is 672. The van der Waals surface area contributed by atoms with Gasteiger partial charge in [0.05, 0.1) is 18.8 Å². The lowest BCUT2D eigenvalue weighted by Gasteiger charge is -2.25. The Morgan fingerprint density at radius 1 is 1.04 bits per heavy atom. The van der Waals surface area contributed by atoms with Crippen LogP contribution in [-0.4, -0.2) is 66.4 Å². The van der Waals surface area contributed by atoms with Crippen molar-refractivity contribution in [1.82, 2.24) is 15.1 Å². The Kier molecular flexibility index (Phi) is 7.33. The van der Waals surface area contributed by atoms with E-state index in [1.165, 1.54) is 6.07 Å². The van der Waals surface area contributed by atoms with Crippen LogP contribution in [0.2, 0.25) is 0 Å². The van der Waals surface area contributed by atoms with E-state index in [9.17, 15) is 14.0 Å². The zero-order valence-electron chi connectivity index (χ0n) is 16.8. The molecule has 2 rings (SSSR count). The van der Waals surface area contributed by atoms with E-state index >= 15 is 0 Å². The minimum Gasteiger partial charge on any atom is -0.350 e. The van der Waals surface area contributed by atoms with Gasteiger partial charge in [0.2, 0.25) is 11.8 Å². The normalized spacial score (nSPS) is 16.6. The van der Waals surface area contributed by atoms with Crippen LogP contribution in [0, 0.1) is 12.7 Å². The van der Waals surface area contributed by atoms with E-state index in [0.29, 0.717) is 13.1 Å². The fourth-order valence-electron chi connectivity index (χ4n) is 3.12. The molecule has 1 saturated heterocycles. The highest BCUT2D eigenvalue weighted by Crippen LogP contribution is 2.15. The average molecular weight is 378 g/mol. The number of hydrogen-bond donors (Lipinski definition) is 2. The molecule has 0 unspecified atom stereocenters.